The van der Waals surface area contributed by atoms with Crippen LogP contribution in [0.3, 0.4) is 0 Å². The molecule has 4 aromatic rings. The highest BCUT2D eigenvalue weighted by molar-refractivity contribution is 9.10. The SMILES string of the molecule is CCCCCCCCCCCCCc1cc2c3c(c1)OCCCCCCCCOc1cc(CCCCCCCCCCCCC)cc(c1N1C(=O)C4=C(c5ccc(Br)cc5)N3C(=O)C4=C1c1ccc(Br)cc1)OCCCCCCCCO2. The summed E-state index contributed by atoms with van der Waals surface area (Å²) in [7, 11) is 0. The Morgan fingerprint density at radius 2 is 0.610 bits per heavy atom. The number of hydrogen-bond donors (Lipinski definition) is 0. The van der Waals surface area contributed by atoms with Gasteiger partial charge in [0.1, 0.15) is 34.4 Å². The summed E-state index contributed by atoms with van der Waals surface area (Å²) >= 11 is 7.41. The standard InChI is InChI=1S/C72H98Br2N2O6/c1-3-5-7-9-11-13-15-17-19-25-31-37-55-51-61-69-62(52-55)80-48-34-28-22-24-30-36-50-82-64-54-56(38-32-26-20-18-16-14-12-10-8-6-4-2)53-63(81-49-35-29-23-21-27-33-47-79-61)70(64)76-68(58-41-45-60(74)46-42-58)66-65(72(76)78)67(75(69)71(66)77)57-39-43-59(73)44-40-57/h39-46,51-54H,3-38,47-50H2,1-2H3. The molecule has 0 saturated heterocycles. The fraction of sp³-hybridized carbons (Fsp3) is 0.583. The van der Waals surface area contributed by atoms with Gasteiger partial charge in [0, 0.05) is 8.95 Å². The quantitative estimate of drug-likeness (QED) is 0.0583. The normalized spacial score (nSPS) is 16.5. The van der Waals surface area contributed by atoms with Gasteiger partial charge in [-0.15, -0.1) is 0 Å². The van der Waals surface area contributed by atoms with Gasteiger partial charge in [0.2, 0.25) is 0 Å². The molecule has 0 fully saturated rings. The summed E-state index contributed by atoms with van der Waals surface area (Å²) in [6.45, 7) is 6.58. The molecule has 0 saturated carbocycles. The minimum absolute atomic E-state index is 0.302. The number of carbonyl (C=O) groups excluding carboxylic acids is 2. The Morgan fingerprint density at radius 1 is 0.354 bits per heavy atom. The molecule has 0 aromatic heterocycles. The maximum atomic E-state index is 16.5. The van der Waals surface area contributed by atoms with E-state index in [0.717, 1.165) is 134 Å². The Balaban J connectivity index is 1.23. The molecule has 4 heterocycles. The van der Waals surface area contributed by atoms with E-state index in [9.17, 15) is 0 Å². The Hall–Kier alpha value is -4.54. The molecule has 2 amide bonds. The zero-order chi connectivity index (χ0) is 57.1. The number of halogens is 2. The molecular formula is C72H98Br2N2O6. The predicted molar refractivity (Wildman–Crippen MR) is 348 cm³/mol. The van der Waals surface area contributed by atoms with E-state index >= 15 is 9.59 Å². The Bertz CT molecular complexity index is 2430. The monoisotopic (exact) mass is 1240 g/mol. The smallest absolute Gasteiger partial charge is 0.266 e. The molecular weight excluding hydrogens is 1150 g/mol. The number of aryl methyl sites for hydroxylation is 2. The molecule has 446 valence electrons. The number of ether oxygens (including phenoxy) is 4. The van der Waals surface area contributed by atoms with Gasteiger partial charge in [0.05, 0.1) is 49.0 Å². The summed E-state index contributed by atoms with van der Waals surface area (Å²) in [5, 5.41) is 0. The molecule has 0 aliphatic carbocycles. The van der Waals surface area contributed by atoms with Gasteiger partial charge in [-0.3, -0.25) is 19.4 Å². The third-order valence-electron chi connectivity index (χ3n) is 17.1. The van der Waals surface area contributed by atoms with Crippen molar-refractivity contribution >= 4 is 66.4 Å². The molecule has 4 aromatic carbocycles. The number of amides is 2. The minimum Gasteiger partial charge on any atom is -0.491 e. The van der Waals surface area contributed by atoms with Crippen molar-refractivity contribution in [2.75, 3.05) is 36.2 Å². The maximum Gasteiger partial charge on any atom is 0.266 e. The van der Waals surface area contributed by atoms with Crippen molar-refractivity contribution in [3.8, 4) is 23.0 Å². The molecule has 0 N–H and O–H groups in total. The van der Waals surface area contributed by atoms with E-state index in [2.05, 4.69) is 70.0 Å². The number of anilines is 2. The molecule has 8 rings (SSSR count). The molecule has 8 nitrogen and oxygen atoms in total. The fourth-order valence-electron chi connectivity index (χ4n) is 12.5. The summed E-state index contributed by atoms with van der Waals surface area (Å²) in [6.07, 6.45) is 42.1. The van der Waals surface area contributed by atoms with Crippen molar-refractivity contribution in [2.45, 2.75) is 245 Å². The fourth-order valence-corrected chi connectivity index (χ4v) is 13.0. The number of hydrogen-bond acceptors (Lipinski definition) is 6. The highest BCUT2D eigenvalue weighted by Crippen LogP contribution is 2.56. The summed E-state index contributed by atoms with van der Waals surface area (Å²) in [5.74, 6) is 1.89. The van der Waals surface area contributed by atoms with E-state index < -0.39 is 0 Å². The molecule has 0 atom stereocenters. The van der Waals surface area contributed by atoms with Gasteiger partial charge in [-0.1, -0.05) is 250 Å². The Labute approximate surface area is 511 Å². The van der Waals surface area contributed by atoms with Crippen molar-refractivity contribution in [1.82, 2.24) is 0 Å². The van der Waals surface area contributed by atoms with Crippen LogP contribution in [0, 0.1) is 0 Å². The first-order chi connectivity index (χ1) is 40.4. The minimum atomic E-state index is -0.302. The largest absolute Gasteiger partial charge is 0.491 e. The Kier molecular flexibility index (Phi) is 27.1. The summed E-state index contributed by atoms with van der Waals surface area (Å²) in [4.78, 5) is 36.5. The van der Waals surface area contributed by atoms with Crippen molar-refractivity contribution < 1.29 is 28.5 Å². The second-order valence-electron chi connectivity index (χ2n) is 23.8. The zero-order valence-electron chi connectivity index (χ0n) is 50.3. The van der Waals surface area contributed by atoms with Gasteiger partial charge in [-0.25, -0.2) is 0 Å². The number of carbonyl (C=O) groups is 2. The van der Waals surface area contributed by atoms with Crippen LogP contribution in [0.4, 0.5) is 11.4 Å². The van der Waals surface area contributed by atoms with Crippen molar-refractivity contribution in [1.29, 1.82) is 0 Å². The van der Waals surface area contributed by atoms with Crippen molar-refractivity contribution in [3.63, 3.8) is 0 Å². The second kappa shape index (κ2) is 35.0. The zero-order valence-corrected chi connectivity index (χ0v) is 53.5. The van der Waals surface area contributed by atoms with Gasteiger partial charge in [-0.05, 0) is 122 Å². The topological polar surface area (TPSA) is 77.5 Å². The van der Waals surface area contributed by atoms with E-state index in [1.54, 1.807) is 9.80 Å². The number of nitrogens with zero attached hydrogens (tertiary/aromatic N) is 2. The van der Waals surface area contributed by atoms with E-state index in [1.165, 1.54) is 128 Å². The average Bonchev–Trinajstić information content (AvgIpc) is 2.38. The first-order valence-corrected chi connectivity index (χ1v) is 34.5. The van der Waals surface area contributed by atoms with Crippen LogP contribution in [-0.2, 0) is 22.4 Å². The van der Waals surface area contributed by atoms with Gasteiger partial charge in [0.25, 0.3) is 11.8 Å². The third-order valence-corrected chi connectivity index (χ3v) is 18.2. The molecule has 0 unspecified atom stereocenters. The van der Waals surface area contributed by atoms with E-state index in [4.69, 9.17) is 18.9 Å². The molecule has 4 aliphatic heterocycles. The van der Waals surface area contributed by atoms with Crippen LogP contribution in [-0.4, -0.2) is 38.2 Å². The molecule has 82 heavy (non-hydrogen) atoms. The lowest BCUT2D eigenvalue weighted by atomic mass is 10.0. The highest BCUT2D eigenvalue weighted by Gasteiger charge is 2.52. The van der Waals surface area contributed by atoms with Crippen LogP contribution in [0.5, 0.6) is 23.0 Å². The van der Waals surface area contributed by atoms with Gasteiger partial charge in [-0.2, -0.15) is 0 Å². The van der Waals surface area contributed by atoms with Gasteiger partial charge < -0.3 is 18.9 Å². The van der Waals surface area contributed by atoms with Crippen molar-refractivity contribution in [3.05, 3.63) is 115 Å². The van der Waals surface area contributed by atoms with Crippen molar-refractivity contribution in [2.24, 2.45) is 0 Å². The first-order valence-electron chi connectivity index (χ1n) is 32.9. The van der Waals surface area contributed by atoms with Gasteiger partial charge >= 0.3 is 0 Å². The number of unbranched alkanes of at least 4 members (excludes halogenated alkanes) is 20. The molecule has 5 bridgehead atoms. The van der Waals surface area contributed by atoms with Crippen LogP contribution in [0.1, 0.15) is 254 Å². The lowest BCUT2D eigenvalue weighted by Gasteiger charge is -2.30. The third kappa shape index (κ3) is 18.2. The van der Waals surface area contributed by atoms with Crippen LogP contribution < -0.4 is 28.7 Å². The van der Waals surface area contributed by atoms with E-state index in [-0.39, 0.29) is 11.8 Å². The lowest BCUT2D eigenvalue weighted by molar-refractivity contribution is -0.115. The second-order valence-corrected chi connectivity index (χ2v) is 25.7. The van der Waals surface area contributed by atoms with Crippen LogP contribution in [0.15, 0.2) is 92.9 Å². The molecule has 0 spiro atoms. The first kappa shape index (κ1) is 63.5. The van der Waals surface area contributed by atoms with Gasteiger partial charge in [0.15, 0.2) is 0 Å². The number of benzene rings is 4. The lowest BCUT2D eigenvalue weighted by Crippen LogP contribution is -2.31. The summed E-state index contributed by atoms with van der Waals surface area (Å²) in [6, 6.07) is 24.7. The average molecular weight is 1250 g/mol. The highest BCUT2D eigenvalue weighted by atomic mass is 79.9. The molecule has 4 aliphatic rings. The summed E-state index contributed by atoms with van der Waals surface area (Å²) in [5.41, 5.74) is 6.59. The van der Waals surface area contributed by atoms with E-state index in [0.29, 0.717) is 83.3 Å². The maximum absolute atomic E-state index is 16.5. The number of rotatable bonds is 26. The summed E-state index contributed by atoms with van der Waals surface area (Å²) < 4.78 is 29.8. The van der Waals surface area contributed by atoms with E-state index in [1.807, 2.05) is 48.5 Å². The van der Waals surface area contributed by atoms with Crippen LogP contribution in [0.2, 0.25) is 0 Å². The molecule has 10 heteroatoms. The predicted octanol–water partition coefficient (Wildman–Crippen LogP) is 21.4. The van der Waals surface area contributed by atoms with Crippen LogP contribution in [0.25, 0.3) is 11.4 Å². The molecule has 0 radical (unpaired) electrons. The Morgan fingerprint density at radius 3 is 0.890 bits per heavy atom. The van der Waals surface area contributed by atoms with Crippen LogP contribution >= 0.6 is 31.9 Å².